The monoisotopic (exact) mass is 584 g/mol. The predicted molar refractivity (Wildman–Crippen MR) is 162 cm³/mol. The van der Waals surface area contributed by atoms with Gasteiger partial charge >= 0.3 is 0 Å². The van der Waals surface area contributed by atoms with Gasteiger partial charge in [-0.3, -0.25) is 24.0 Å². The molecule has 0 spiro atoms. The van der Waals surface area contributed by atoms with Crippen molar-refractivity contribution in [3.8, 4) is 5.69 Å². The summed E-state index contributed by atoms with van der Waals surface area (Å²) >= 11 is 9.86. The zero-order valence-corrected chi connectivity index (χ0v) is 25.1. The molecule has 0 unspecified atom stereocenters. The van der Waals surface area contributed by atoms with Crippen LogP contribution in [0.15, 0.2) is 57.6 Å². The van der Waals surface area contributed by atoms with Crippen LogP contribution in [0.4, 0.5) is 5.82 Å². The van der Waals surface area contributed by atoms with Gasteiger partial charge in [0.25, 0.3) is 17.3 Å². The number of allylic oxidation sites excluding steroid dienone is 1. The van der Waals surface area contributed by atoms with E-state index in [4.69, 9.17) is 12.2 Å². The molecule has 0 aliphatic carbocycles. The average Bonchev–Trinajstić information content (AvgIpc) is 3.62. The predicted octanol–water partition coefficient (Wildman–Crippen LogP) is 3.57. The number of unbranched alkanes of at least 4 members (excludes halogenated alkanes) is 1. The molecule has 7 nitrogen and oxygen atoms in total. The molecule has 2 aromatic heterocycles. The van der Waals surface area contributed by atoms with E-state index in [0.717, 1.165) is 40.9 Å². The van der Waals surface area contributed by atoms with E-state index in [1.807, 2.05) is 37.3 Å². The van der Waals surface area contributed by atoms with Gasteiger partial charge < -0.3 is 0 Å². The Bertz CT molecular complexity index is 1620. The van der Waals surface area contributed by atoms with Crippen LogP contribution in [0.5, 0.6) is 0 Å². The molecule has 0 radical (unpaired) electrons. The smallest absolute Gasteiger partial charge is 0.276 e. The molecule has 1 saturated heterocycles. The third-order valence-electron chi connectivity index (χ3n) is 6.49. The van der Waals surface area contributed by atoms with E-state index in [9.17, 15) is 9.59 Å². The zero-order chi connectivity index (χ0) is 27.0. The van der Waals surface area contributed by atoms with Crippen molar-refractivity contribution in [3.05, 3.63) is 67.3 Å². The normalized spacial score (nSPS) is 18.4. The Kier molecular flexibility index (Phi) is 7.99. The highest BCUT2D eigenvalue weighted by Gasteiger charge is 2.38. The molecule has 11 heteroatoms. The fourth-order valence-electron chi connectivity index (χ4n) is 4.57. The summed E-state index contributed by atoms with van der Waals surface area (Å²) in [5.41, 5.74) is 1.03. The number of benzene rings is 1. The van der Waals surface area contributed by atoms with Crippen LogP contribution in [-0.2, 0) is 18.4 Å². The number of hydrogen-bond acceptors (Lipinski definition) is 7. The topological polar surface area (TPSA) is 54.4 Å². The molecule has 5 rings (SSSR count). The number of carbonyl (C=O) groups excluding carboxylic acids is 1. The Labute approximate surface area is 239 Å². The van der Waals surface area contributed by atoms with Crippen molar-refractivity contribution in [2.75, 3.05) is 18.0 Å². The molecular weight excluding hydrogens is 555 g/mol. The zero-order valence-electron chi connectivity index (χ0n) is 21.8. The summed E-state index contributed by atoms with van der Waals surface area (Å²) in [4.78, 5) is 31.0. The Balaban J connectivity index is 1.55. The molecule has 0 saturated carbocycles. The molecule has 1 amide bonds. The van der Waals surface area contributed by atoms with Gasteiger partial charge in [-0.25, -0.2) is 9.13 Å². The summed E-state index contributed by atoms with van der Waals surface area (Å²) < 4.78 is 7.90. The average molecular weight is 585 g/mol. The fourth-order valence-corrected chi connectivity index (χ4v) is 8.40. The lowest BCUT2D eigenvalue weighted by atomic mass is 10.3. The minimum atomic E-state index is -0.0915. The highest BCUT2D eigenvalue weighted by atomic mass is 32.2. The second-order valence-electron chi connectivity index (χ2n) is 8.91. The molecule has 0 N–H and O–H groups in total. The molecule has 2 aliphatic heterocycles. The molecule has 1 fully saturated rings. The van der Waals surface area contributed by atoms with Crippen molar-refractivity contribution in [2.24, 2.45) is 7.05 Å². The van der Waals surface area contributed by atoms with Crippen LogP contribution < -0.4 is 24.2 Å². The summed E-state index contributed by atoms with van der Waals surface area (Å²) in [5, 5.41) is 2.20. The Morgan fingerprint density at radius 2 is 1.76 bits per heavy atom. The maximum absolute atomic E-state index is 13.3. The number of thiocarbonyl (C=S) groups is 1. The van der Waals surface area contributed by atoms with Crippen LogP contribution in [0.1, 0.15) is 33.6 Å². The van der Waals surface area contributed by atoms with Crippen molar-refractivity contribution in [2.45, 2.75) is 45.2 Å². The van der Waals surface area contributed by atoms with Gasteiger partial charge in [0.15, 0.2) is 6.33 Å². The summed E-state index contributed by atoms with van der Waals surface area (Å²) in [6, 6.07) is 10.3. The first-order valence-electron chi connectivity index (χ1n) is 12.7. The molecule has 4 heterocycles. The second kappa shape index (κ2) is 11.3. The van der Waals surface area contributed by atoms with Crippen LogP contribution in [-0.4, -0.2) is 37.4 Å². The lowest BCUT2D eigenvalue weighted by Crippen LogP contribution is -2.34. The SMILES string of the molecule is CCCCN1C(=O)/C(=c2\s/c(=C\C=C3/Sc4c([n+](C)cn4-c4ccccc4)N3CC)c(=O)n2CC)SC1=S. The summed E-state index contributed by atoms with van der Waals surface area (Å²) in [7, 11) is 2.06. The first kappa shape index (κ1) is 27.0. The van der Waals surface area contributed by atoms with Gasteiger partial charge in [0.05, 0.1) is 18.1 Å². The number of fused-ring (bicyclic) bond motifs is 1. The number of hydrogen-bond donors (Lipinski definition) is 0. The van der Waals surface area contributed by atoms with Gasteiger partial charge in [-0.2, -0.15) is 0 Å². The van der Waals surface area contributed by atoms with Gasteiger partial charge in [-0.05, 0) is 56.3 Å². The van der Waals surface area contributed by atoms with Crippen LogP contribution in [0, 0.1) is 0 Å². The number of thioether (sulfide) groups is 2. The van der Waals surface area contributed by atoms with Crippen molar-refractivity contribution in [1.29, 1.82) is 0 Å². The lowest BCUT2D eigenvalue weighted by molar-refractivity contribution is -0.658. The largest absolute Gasteiger partial charge is 0.298 e. The molecule has 198 valence electrons. The summed E-state index contributed by atoms with van der Waals surface area (Å²) in [6.45, 7) is 8.06. The van der Waals surface area contributed by atoms with Gasteiger partial charge in [0.2, 0.25) is 5.03 Å². The molecule has 38 heavy (non-hydrogen) atoms. The molecule has 1 aromatic carbocycles. The second-order valence-corrected chi connectivity index (χ2v) is 12.6. The number of para-hydroxylation sites is 1. The lowest BCUT2D eigenvalue weighted by Gasteiger charge is -2.12. The van der Waals surface area contributed by atoms with Gasteiger partial charge in [0, 0.05) is 13.1 Å². The van der Waals surface area contributed by atoms with Gasteiger partial charge in [-0.15, -0.1) is 11.3 Å². The molecule has 3 aromatic rings. The van der Waals surface area contributed by atoms with Gasteiger partial charge in [0.1, 0.15) is 24.6 Å². The number of aromatic nitrogens is 3. The number of nitrogens with zero attached hydrogens (tertiary/aromatic N) is 5. The van der Waals surface area contributed by atoms with E-state index in [0.29, 0.717) is 31.5 Å². The number of thiazole rings is 1. The number of amides is 1. The number of rotatable bonds is 7. The minimum absolute atomic E-state index is 0.0777. The Morgan fingerprint density at radius 1 is 1.00 bits per heavy atom. The van der Waals surface area contributed by atoms with Crippen molar-refractivity contribution in [1.82, 2.24) is 14.0 Å². The van der Waals surface area contributed by atoms with E-state index in [2.05, 4.69) is 53.4 Å². The number of carbonyl (C=O) groups is 1. The summed E-state index contributed by atoms with van der Waals surface area (Å²) in [5.74, 6) is 1.04. The highest BCUT2D eigenvalue weighted by molar-refractivity contribution is 8.30. The number of imidazole rings is 1. The van der Waals surface area contributed by atoms with E-state index in [1.54, 1.807) is 21.2 Å². The maximum atomic E-state index is 13.3. The van der Waals surface area contributed by atoms with Crippen molar-refractivity contribution in [3.63, 3.8) is 0 Å². The maximum Gasteiger partial charge on any atom is 0.276 e. The standard InChI is InChI=1S/C27H30N5O2S4/c1-5-8-16-31-24(34)21(38-27(31)35)25-30(7-3)23(33)19(36-25)14-15-20-29(6-2)22-26(37-20)32(17-28(22)4)18-12-10-9-11-13-18/h9-15,17H,5-8,16H2,1-4H3/q+1/b19-14-,20-15-,25-21+. The third kappa shape index (κ3) is 4.70. The number of anilines is 1. The molecule has 0 bridgehead atoms. The first-order chi connectivity index (χ1) is 18.4. The van der Waals surface area contributed by atoms with Crippen LogP contribution in [0.25, 0.3) is 16.7 Å². The van der Waals surface area contributed by atoms with Crippen LogP contribution in [0.2, 0.25) is 0 Å². The van der Waals surface area contributed by atoms with Crippen LogP contribution >= 0.6 is 47.1 Å². The summed E-state index contributed by atoms with van der Waals surface area (Å²) in [6.07, 6.45) is 7.90. The molecular formula is C27H30N5O2S4+. The van der Waals surface area contributed by atoms with E-state index in [1.165, 1.54) is 23.1 Å². The molecule has 2 aliphatic rings. The van der Waals surface area contributed by atoms with Crippen molar-refractivity contribution < 1.29 is 9.36 Å². The van der Waals surface area contributed by atoms with E-state index < -0.39 is 0 Å². The Hall–Kier alpha value is -2.60. The van der Waals surface area contributed by atoms with Gasteiger partial charge in [-0.1, -0.05) is 55.5 Å². The third-order valence-corrected chi connectivity index (χ3v) is 10.3. The molecule has 0 atom stereocenters. The van der Waals surface area contributed by atoms with E-state index >= 15 is 0 Å². The fraction of sp³-hybridized carbons (Fsp3) is 0.333. The van der Waals surface area contributed by atoms with E-state index in [-0.39, 0.29) is 11.5 Å². The first-order valence-corrected chi connectivity index (χ1v) is 15.6. The van der Waals surface area contributed by atoms with Crippen LogP contribution in [0.3, 0.4) is 0 Å². The number of aryl methyl sites for hydroxylation is 1. The Morgan fingerprint density at radius 3 is 2.45 bits per heavy atom. The quantitative estimate of drug-likeness (QED) is 0.313. The van der Waals surface area contributed by atoms with Crippen molar-refractivity contribution >= 4 is 74.1 Å². The minimum Gasteiger partial charge on any atom is -0.298 e. The highest BCUT2D eigenvalue weighted by Crippen LogP contribution is 2.45.